The number of benzene rings is 1. The number of piperidine rings is 1. The molecule has 1 spiro atoms. The number of nitrogens with zero attached hydrogens (tertiary/aromatic N) is 3. The van der Waals surface area contributed by atoms with Crippen molar-refractivity contribution >= 4 is 11.8 Å². The van der Waals surface area contributed by atoms with Gasteiger partial charge in [0.25, 0.3) is 0 Å². The fourth-order valence-corrected chi connectivity index (χ4v) is 4.14. The van der Waals surface area contributed by atoms with Gasteiger partial charge in [-0.2, -0.15) is 4.98 Å². The first-order valence-electron chi connectivity index (χ1n) is 9.97. The van der Waals surface area contributed by atoms with Gasteiger partial charge in [0.2, 0.25) is 23.5 Å². The summed E-state index contributed by atoms with van der Waals surface area (Å²) in [6.45, 7) is 4.27. The highest BCUT2D eigenvalue weighted by Gasteiger charge is 2.41. The Morgan fingerprint density at radius 3 is 2.86 bits per heavy atom. The van der Waals surface area contributed by atoms with Crippen molar-refractivity contribution in [2.24, 2.45) is 5.41 Å². The quantitative estimate of drug-likeness (QED) is 0.858. The molecule has 7 heteroatoms. The van der Waals surface area contributed by atoms with Crippen molar-refractivity contribution < 1.29 is 14.1 Å². The van der Waals surface area contributed by atoms with Gasteiger partial charge in [-0.25, -0.2) is 0 Å². The second kappa shape index (κ2) is 7.73. The van der Waals surface area contributed by atoms with Gasteiger partial charge >= 0.3 is 0 Å². The minimum absolute atomic E-state index is 0.0732. The third-order valence-corrected chi connectivity index (χ3v) is 5.90. The van der Waals surface area contributed by atoms with Crippen LogP contribution in [0.2, 0.25) is 0 Å². The molecule has 1 aromatic heterocycles. The Labute approximate surface area is 164 Å². The lowest BCUT2D eigenvalue weighted by Gasteiger charge is -2.38. The number of amides is 2. The number of carbonyl (C=O) groups excluding carboxylic acids is 2. The molecule has 2 aromatic rings. The van der Waals surface area contributed by atoms with Crippen LogP contribution in [0.1, 0.15) is 43.6 Å². The molecule has 0 radical (unpaired) electrons. The second-order valence-electron chi connectivity index (χ2n) is 8.07. The first kappa shape index (κ1) is 18.7. The minimum Gasteiger partial charge on any atom is -0.356 e. The summed E-state index contributed by atoms with van der Waals surface area (Å²) in [7, 11) is 0. The number of aromatic nitrogens is 2. The molecule has 2 aliphatic heterocycles. The molecule has 0 aliphatic carbocycles. The van der Waals surface area contributed by atoms with Crippen LogP contribution < -0.4 is 5.32 Å². The summed E-state index contributed by atoms with van der Waals surface area (Å²) in [5.41, 5.74) is 2.16. The summed E-state index contributed by atoms with van der Waals surface area (Å²) < 4.78 is 5.33. The molecule has 2 saturated heterocycles. The monoisotopic (exact) mass is 382 g/mol. The number of hydrogen-bond acceptors (Lipinski definition) is 5. The van der Waals surface area contributed by atoms with Gasteiger partial charge in [-0.3, -0.25) is 9.59 Å². The van der Waals surface area contributed by atoms with Crippen molar-refractivity contribution in [2.75, 3.05) is 19.6 Å². The molecule has 1 N–H and O–H groups in total. The molecule has 148 valence electrons. The molecule has 1 aromatic carbocycles. The second-order valence-corrected chi connectivity index (χ2v) is 8.07. The van der Waals surface area contributed by atoms with E-state index < -0.39 is 0 Å². The summed E-state index contributed by atoms with van der Waals surface area (Å²) >= 11 is 0. The highest BCUT2D eigenvalue weighted by Crippen LogP contribution is 2.37. The van der Waals surface area contributed by atoms with Crippen LogP contribution in [0.15, 0.2) is 28.8 Å². The highest BCUT2D eigenvalue weighted by molar-refractivity contribution is 5.79. The first-order chi connectivity index (χ1) is 13.5. The average Bonchev–Trinajstić information content (AvgIpc) is 3.29. The standard InChI is InChI=1S/C21H26N4O3/c1-15-4-2-5-16(12-15)20-23-18(28-24-20)6-3-7-19(27)25-10-8-21(9-11-25)13-17(26)22-14-21/h2,4-5,12H,3,6-11,13-14H2,1H3,(H,22,26). The fraction of sp³-hybridized carbons (Fsp3) is 0.524. The zero-order valence-corrected chi connectivity index (χ0v) is 16.2. The van der Waals surface area contributed by atoms with Gasteiger partial charge in [-0.15, -0.1) is 0 Å². The topological polar surface area (TPSA) is 88.3 Å². The molecular weight excluding hydrogens is 356 g/mol. The van der Waals surface area contributed by atoms with E-state index in [9.17, 15) is 9.59 Å². The van der Waals surface area contributed by atoms with E-state index >= 15 is 0 Å². The average molecular weight is 382 g/mol. The van der Waals surface area contributed by atoms with Crippen LogP contribution >= 0.6 is 0 Å². The van der Waals surface area contributed by atoms with Crippen molar-refractivity contribution in [3.63, 3.8) is 0 Å². The van der Waals surface area contributed by atoms with E-state index in [1.807, 2.05) is 36.1 Å². The molecule has 2 fully saturated rings. The highest BCUT2D eigenvalue weighted by atomic mass is 16.5. The Morgan fingerprint density at radius 1 is 1.32 bits per heavy atom. The first-order valence-corrected chi connectivity index (χ1v) is 9.97. The molecular formula is C21H26N4O3. The predicted octanol–water partition coefficient (Wildman–Crippen LogP) is 2.50. The molecule has 2 amide bonds. The SMILES string of the molecule is Cc1cccc(-c2noc(CCCC(=O)N3CCC4(CC3)CNC(=O)C4)n2)c1. The van der Waals surface area contributed by atoms with E-state index in [1.54, 1.807) is 0 Å². The number of aryl methyl sites for hydroxylation is 2. The maximum atomic E-state index is 12.5. The van der Waals surface area contributed by atoms with Crippen molar-refractivity contribution in [2.45, 2.75) is 45.4 Å². The van der Waals surface area contributed by atoms with Gasteiger partial charge in [0.1, 0.15) is 0 Å². The summed E-state index contributed by atoms with van der Waals surface area (Å²) in [6.07, 6.45) is 4.18. The molecule has 0 bridgehead atoms. The van der Waals surface area contributed by atoms with E-state index in [-0.39, 0.29) is 17.2 Å². The Balaban J connectivity index is 1.23. The van der Waals surface area contributed by atoms with Crippen molar-refractivity contribution in [3.8, 4) is 11.4 Å². The number of rotatable bonds is 5. The van der Waals surface area contributed by atoms with Gasteiger partial charge < -0.3 is 14.7 Å². The van der Waals surface area contributed by atoms with Gasteiger partial charge in [0.05, 0.1) is 0 Å². The largest absolute Gasteiger partial charge is 0.356 e. The molecule has 4 rings (SSSR count). The third kappa shape index (κ3) is 4.08. The van der Waals surface area contributed by atoms with Crippen LogP contribution in [0.4, 0.5) is 0 Å². The Hall–Kier alpha value is -2.70. The zero-order chi connectivity index (χ0) is 19.6. The summed E-state index contributed by atoms with van der Waals surface area (Å²) in [4.78, 5) is 30.4. The normalized spacial score (nSPS) is 18.5. The van der Waals surface area contributed by atoms with E-state index in [0.717, 1.165) is 43.6 Å². The third-order valence-electron chi connectivity index (χ3n) is 5.90. The van der Waals surface area contributed by atoms with Crippen LogP contribution in [0.5, 0.6) is 0 Å². The van der Waals surface area contributed by atoms with Crippen LogP contribution in [-0.4, -0.2) is 46.5 Å². The number of carbonyl (C=O) groups is 2. The summed E-state index contributed by atoms with van der Waals surface area (Å²) in [5, 5.41) is 6.97. The van der Waals surface area contributed by atoms with E-state index in [2.05, 4.69) is 15.5 Å². The molecule has 2 aliphatic rings. The lowest BCUT2D eigenvalue weighted by atomic mass is 9.77. The van der Waals surface area contributed by atoms with Crippen molar-refractivity contribution in [1.29, 1.82) is 0 Å². The van der Waals surface area contributed by atoms with Crippen molar-refractivity contribution in [1.82, 2.24) is 20.4 Å². The van der Waals surface area contributed by atoms with Crippen molar-refractivity contribution in [3.05, 3.63) is 35.7 Å². The smallest absolute Gasteiger partial charge is 0.226 e. The Morgan fingerprint density at radius 2 is 2.14 bits per heavy atom. The van der Waals surface area contributed by atoms with Gasteiger partial charge in [0, 0.05) is 44.5 Å². The fourth-order valence-electron chi connectivity index (χ4n) is 4.14. The van der Waals surface area contributed by atoms with E-state index in [4.69, 9.17) is 4.52 Å². The molecule has 0 atom stereocenters. The van der Waals surface area contributed by atoms with E-state index in [0.29, 0.717) is 37.4 Å². The van der Waals surface area contributed by atoms with Crippen LogP contribution in [0.25, 0.3) is 11.4 Å². The maximum Gasteiger partial charge on any atom is 0.226 e. The molecule has 7 nitrogen and oxygen atoms in total. The van der Waals surface area contributed by atoms with Gasteiger partial charge in [-0.1, -0.05) is 28.9 Å². The Kier molecular flexibility index (Phi) is 5.15. The Bertz CT molecular complexity index is 868. The minimum atomic E-state index is 0.0732. The van der Waals surface area contributed by atoms with E-state index in [1.165, 1.54) is 0 Å². The molecule has 0 unspecified atom stereocenters. The predicted molar refractivity (Wildman–Crippen MR) is 103 cm³/mol. The van der Waals surface area contributed by atoms with Crippen LogP contribution in [0, 0.1) is 12.3 Å². The van der Waals surface area contributed by atoms with Gasteiger partial charge in [0.15, 0.2) is 0 Å². The van der Waals surface area contributed by atoms with Crippen LogP contribution in [0.3, 0.4) is 0 Å². The van der Waals surface area contributed by atoms with Gasteiger partial charge in [-0.05, 0) is 37.7 Å². The maximum absolute atomic E-state index is 12.5. The van der Waals surface area contributed by atoms with Crippen LogP contribution in [-0.2, 0) is 16.0 Å². The summed E-state index contributed by atoms with van der Waals surface area (Å²) in [5.74, 6) is 1.47. The number of likely N-dealkylation sites (tertiary alicyclic amines) is 1. The lowest BCUT2D eigenvalue weighted by molar-refractivity contribution is -0.133. The molecule has 0 saturated carbocycles. The zero-order valence-electron chi connectivity index (χ0n) is 16.2. The molecule has 3 heterocycles. The lowest BCUT2D eigenvalue weighted by Crippen LogP contribution is -2.44. The summed E-state index contributed by atoms with van der Waals surface area (Å²) in [6, 6.07) is 7.98. The number of nitrogens with one attached hydrogen (secondary N) is 1. The number of hydrogen-bond donors (Lipinski definition) is 1. The molecule has 28 heavy (non-hydrogen) atoms.